The number of hydrogen-bond donors (Lipinski definition) is 2. The van der Waals surface area contributed by atoms with Gasteiger partial charge in [-0.05, 0) is 18.2 Å². The summed E-state index contributed by atoms with van der Waals surface area (Å²) in [4.78, 5) is 0. The highest BCUT2D eigenvalue weighted by Gasteiger charge is 2.33. The minimum atomic E-state index is -4.46. The van der Waals surface area contributed by atoms with Gasteiger partial charge in [0, 0.05) is 6.07 Å². The first-order valence-electron chi connectivity index (χ1n) is 6.01. The summed E-state index contributed by atoms with van der Waals surface area (Å²) in [5.41, 5.74) is -0.0240. The molecule has 1 aromatic heterocycles. The van der Waals surface area contributed by atoms with Crippen molar-refractivity contribution in [2.75, 3.05) is 19.5 Å². The number of aromatic amines is 1. The lowest BCUT2D eigenvalue weighted by atomic mass is 10.2. The van der Waals surface area contributed by atoms with Crippen molar-refractivity contribution in [2.45, 2.75) is 12.7 Å². The lowest BCUT2D eigenvalue weighted by Crippen LogP contribution is -2.05. The fourth-order valence-corrected chi connectivity index (χ4v) is 1.74. The first-order chi connectivity index (χ1) is 9.94. The molecule has 0 aliphatic heterocycles. The second-order valence-electron chi connectivity index (χ2n) is 4.20. The van der Waals surface area contributed by atoms with E-state index in [0.29, 0.717) is 22.9 Å². The Kier molecular flexibility index (Phi) is 4.25. The molecule has 0 radical (unpaired) electrons. The average molecular weight is 301 g/mol. The van der Waals surface area contributed by atoms with Crippen LogP contribution in [0.25, 0.3) is 0 Å². The lowest BCUT2D eigenvalue weighted by Gasteiger charge is -2.11. The molecule has 5 nitrogen and oxygen atoms in total. The number of nitrogens with one attached hydrogen (secondary N) is 2. The molecule has 21 heavy (non-hydrogen) atoms. The lowest BCUT2D eigenvalue weighted by molar-refractivity contribution is -0.141. The van der Waals surface area contributed by atoms with Crippen LogP contribution in [0.1, 0.15) is 11.4 Å². The van der Waals surface area contributed by atoms with Crippen LogP contribution in [0.5, 0.6) is 11.5 Å². The van der Waals surface area contributed by atoms with E-state index in [9.17, 15) is 13.2 Å². The Hall–Kier alpha value is -2.38. The summed E-state index contributed by atoms with van der Waals surface area (Å²) in [7, 11) is 3.03. The normalized spacial score (nSPS) is 11.3. The highest BCUT2D eigenvalue weighted by Crippen LogP contribution is 2.30. The molecule has 1 heterocycles. The Morgan fingerprint density at radius 3 is 2.52 bits per heavy atom. The van der Waals surface area contributed by atoms with Crippen LogP contribution in [-0.2, 0) is 12.7 Å². The molecule has 8 heteroatoms. The third-order valence-electron chi connectivity index (χ3n) is 2.80. The predicted molar refractivity (Wildman–Crippen MR) is 70.5 cm³/mol. The topological polar surface area (TPSA) is 59.2 Å². The van der Waals surface area contributed by atoms with E-state index in [4.69, 9.17) is 9.47 Å². The molecule has 0 amide bonds. The van der Waals surface area contributed by atoms with Crippen molar-refractivity contribution < 1.29 is 22.6 Å². The van der Waals surface area contributed by atoms with Gasteiger partial charge in [0.05, 0.1) is 32.1 Å². The zero-order valence-corrected chi connectivity index (χ0v) is 11.4. The van der Waals surface area contributed by atoms with Crippen LogP contribution in [0.4, 0.5) is 18.9 Å². The van der Waals surface area contributed by atoms with Gasteiger partial charge < -0.3 is 14.8 Å². The summed E-state index contributed by atoms with van der Waals surface area (Å²) >= 11 is 0. The Balaban J connectivity index is 2.10. The van der Waals surface area contributed by atoms with Crippen molar-refractivity contribution in [3.8, 4) is 11.5 Å². The molecule has 0 aliphatic carbocycles. The van der Waals surface area contributed by atoms with E-state index >= 15 is 0 Å². The van der Waals surface area contributed by atoms with Gasteiger partial charge in [-0.2, -0.15) is 18.3 Å². The van der Waals surface area contributed by atoms with Crippen LogP contribution in [-0.4, -0.2) is 24.4 Å². The summed E-state index contributed by atoms with van der Waals surface area (Å²) in [5.74, 6) is 1.17. The van der Waals surface area contributed by atoms with Crippen molar-refractivity contribution in [3.63, 3.8) is 0 Å². The third-order valence-corrected chi connectivity index (χ3v) is 2.80. The van der Waals surface area contributed by atoms with Crippen molar-refractivity contribution in [1.29, 1.82) is 0 Å². The number of benzene rings is 1. The second kappa shape index (κ2) is 5.94. The number of methoxy groups -OCH3 is 2. The van der Waals surface area contributed by atoms with Gasteiger partial charge in [-0.1, -0.05) is 0 Å². The molecule has 0 saturated carbocycles. The van der Waals surface area contributed by atoms with Crippen molar-refractivity contribution in [1.82, 2.24) is 10.2 Å². The number of hydrogen-bond acceptors (Lipinski definition) is 4. The molecule has 2 rings (SSSR count). The molecule has 0 saturated heterocycles. The third kappa shape index (κ3) is 3.59. The highest BCUT2D eigenvalue weighted by molar-refractivity contribution is 5.59. The van der Waals surface area contributed by atoms with E-state index < -0.39 is 11.9 Å². The Bertz CT molecular complexity index is 611. The minimum Gasteiger partial charge on any atom is -0.497 e. The highest BCUT2D eigenvalue weighted by atomic mass is 19.4. The molecule has 0 spiro atoms. The number of aromatic nitrogens is 2. The van der Waals surface area contributed by atoms with Crippen LogP contribution in [0.3, 0.4) is 0 Å². The first-order valence-corrected chi connectivity index (χ1v) is 6.01. The smallest absolute Gasteiger partial charge is 0.435 e. The maximum atomic E-state index is 12.4. The molecule has 0 fully saturated rings. The number of rotatable bonds is 5. The average Bonchev–Trinajstić information content (AvgIpc) is 2.93. The summed E-state index contributed by atoms with van der Waals surface area (Å²) in [6.45, 7) is 0.145. The van der Waals surface area contributed by atoms with Gasteiger partial charge in [-0.15, -0.1) is 0 Å². The Morgan fingerprint density at radius 2 is 1.95 bits per heavy atom. The van der Waals surface area contributed by atoms with Crippen molar-refractivity contribution >= 4 is 5.69 Å². The molecule has 2 aromatic rings. The maximum Gasteiger partial charge on any atom is 0.435 e. The van der Waals surface area contributed by atoms with E-state index in [1.165, 1.54) is 14.2 Å². The van der Waals surface area contributed by atoms with Crippen LogP contribution in [0.2, 0.25) is 0 Å². The van der Waals surface area contributed by atoms with E-state index in [2.05, 4.69) is 15.5 Å². The molecule has 0 unspecified atom stereocenters. The van der Waals surface area contributed by atoms with Gasteiger partial charge in [0.1, 0.15) is 11.5 Å². The van der Waals surface area contributed by atoms with Crippen LogP contribution in [0.15, 0.2) is 24.3 Å². The monoisotopic (exact) mass is 301 g/mol. The molecular weight excluding hydrogens is 287 g/mol. The predicted octanol–water partition coefficient (Wildman–Crippen LogP) is 3.06. The molecule has 1 aromatic carbocycles. The largest absolute Gasteiger partial charge is 0.497 e. The van der Waals surface area contributed by atoms with Gasteiger partial charge in [-0.25, -0.2) is 0 Å². The van der Waals surface area contributed by atoms with Crippen molar-refractivity contribution in [3.05, 3.63) is 35.7 Å². The SMILES string of the molecule is COc1ccc(OC)c(NCc2cc(C(F)(F)F)n[nH]2)c1. The molecule has 0 aliphatic rings. The van der Waals surface area contributed by atoms with Gasteiger partial charge in [-0.3, -0.25) is 5.10 Å². The zero-order chi connectivity index (χ0) is 15.5. The number of nitrogens with zero attached hydrogens (tertiary/aromatic N) is 1. The number of ether oxygens (including phenoxy) is 2. The van der Waals surface area contributed by atoms with E-state index in [1.54, 1.807) is 18.2 Å². The fraction of sp³-hybridized carbons (Fsp3) is 0.308. The van der Waals surface area contributed by atoms with Gasteiger partial charge in [0.15, 0.2) is 5.69 Å². The van der Waals surface area contributed by atoms with Crippen LogP contribution < -0.4 is 14.8 Å². The number of anilines is 1. The molecule has 0 atom stereocenters. The second-order valence-corrected chi connectivity index (χ2v) is 4.20. The summed E-state index contributed by atoms with van der Waals surface area (Å²) in [6, 6.07) is 6.08. The van der Waals surface area contributed by atoms with Gasteiger partial charge in [0.25, 0.3) is 0 Å². The van der Waals surface area contributed by atoms with E-state index in [0.717, 1.165) is 6.07 Å². The van der Waals surface area contributed by atoms with Gasteiger partial charge >= 0.3 is 6.18 Å². The molecule has 2 N–H and O–H groups in total. The summed E-state index contributed by atoms with van der Waals surface area (Å²) < 4.78 is 47.6. The van der Waals surface area contributed by atoms with Crippen LogP contribution in [0, 0.1) is 0 Å². The fourth-order valence-electron chi connectivity index (χ4n) is 1.74. The maximum absolute atomic E-state index is 12.4. The first kappa shape index (κ1) is 15.0. The van der Waals surface area contributed by atoms with E-state index in [-0.39, 0.29) is 6.54 Å². The summed E-state index contributed by atoms with van der Waals surface area (Å²) in [6.07, 6.45) is -4.46. The van der Waals surface area contributed by atoms with Crippen LogP contribution >= 0.6 is 0 Å². The Morgan fingerprint density at radius 1 is 1.19 bits per heavy atom. The molecule has 114 valence electrons. The number of H-pyrrole nitrogens is 1. The quantitative estimate of drug-likeness (QED) is 0.891. The number of alkyl halides is 3. The zero-order valence-electron chi connectivity index (χ0n) is 11.4. The molecule has 0 bridgehead atoms. The van der Waals surface area contributed by atoms with Crippen molar-refractivity contribution in [2.24, 2.45) is 0 Å². The minimum absolute atomic E-state index is 0.145. The Labute approximate surface area is 119 Å². The van der Waals surface area contributed by atoms with Gasteiger partial charge in [0.2, 0.25) is 0 Å². The van der Waals surface area contributed by atoms with E-state index in [1.807, 2.05) is 0 Å². The standard InChI is InChI=1S/C13H14F3N3O2/c1-20-9-3-4-11(21-2)10(6-9)17-7-8-5-12(19-18-8)13(14,15)16/h3-6,17H,7H2,1-2H3,(H,18,19). The molecular formula is C13H14F3N3O2. The summed E-state index contributed by atoms with van der Waals surface area (Å²) in [5, 5.41) is 8.55. The number of halogens is 3.